The molecule has 0 unspecified atom stereocenters. The zero-order valence-electron chi connectivity index (χ0n) is 13.4. The number of para-hydroxylation sites is 1. The van der Waals surface area contributed by atoms with Crippen LogP contribution < -0.4 is 5.32 Å². The predicted octanol–water partition coefficient (Wildman–Crippen LogP) is 4.55. The summed E-state index contributed by atoms with van der Waals surface area (Å²) < 4.78 is 0. The average Bonchev–Trinajstić information content (AvgIpc) is 2.68. The minimum absolute atomic E-state index is 0.200. The maximum Gasteiger partial charge on any atom is 0.258 e. The number of nitrogens with one attached hydrogen (secondary N) is 1. The van der Waals surface area contributed by atoms with Crippen molar-refractivity contribution < 1.29 is 4.79 Å². The molecule has 1 N–H and O–H groups in total. The average molecular weight is 325 g/mol. The van der Waals surface area contributed by atoms with Gasteiger partial charge in [-0.1, -0.05) is 66.7 Å². The third-order valence-corrected chi connectivity index (χ3v) is 4.05. The molecule has 4 rings (SSSR count). The summed E-state index contributed by atoms with van der Waals surface area (Å²) in [5.74, 6) is -0.200. The van der Waals surface area contributed by atoms with Gasteiger partial charge in [-0.15, -0.1) is 0 Å². The zero-order valence-corrected chi connectivity index (χ0v) is 13.4. The molecule has 0 radical (unpaired) electrons. The van der Waals surface area contributed by atoms with Gasteiger partial charge in [-0.2, -0.15) is 10.2 Å². The lowest BCUT2D eigenvalue weighted by Gasteiger charge is -2.12. The Labute approximate surface area is 145 Å². The van der Waals surface area contributed by atoms with Crippen molar-refractivity contribution in [3.05, 3.63) is 90.6 Å². The number of benzene rings is 3. The molecule has 120 valence electrons. The summed E-state index contributed by atoms with van der Waals surface area (Å²) in [6.45, 7) is 0. The maximum atomic E-state index is 12.8. The molecular weight excluding hydrogens is 310 g/mol. The van der Waals surface area contributed by atoms with Gasteiger partial charge in [0.15, 0.2) is 0 Å². The monoisotopic (exact) mass is 325 g/mol. The molecule has 0 aliphatic rings. The molecule has 3 aromatic carbocycles. The van der Waals surface area contributed by atoms with Gasteiger partial charge in [-0.05, 0) is 17.7 Å². The van der Waals surface area contributed by atoms with Gasteiger partial charge >= 0.3 is 0 Å². The largest absolute Gasteiger partial charge is 0.321 e. The van der Waals surface area contributed by atoms with Gasteiger partial charge in [-0.25, -0.2) is 0 Å². The topological polar surface area (TPSA) is 54.9 Å². The number of hydrogen-bond donors (Lipinski definition) is 1. The molecule has 0 aliphatic heterocycles. The highest BCUT2D eigenvalue weighted by Crippen LogP contribution is 2.28. The van der Waals surface area contributed by atoms with Crippen molar-refractivity contribution >= 4 is 22.5 Å². The molecule has 0 aliphatic carbocycles. The number of rotatable bonds is 3. The first-order valence-corrected chi connectivity index (χ1v) is 7.99. The number of carbonyl (C=O) groups is 1. The summed E-state index contributed by atoms with van der Waals surface area (Å²) in [5, 5.41) is 11.8. The Hall–Kier alpha value is -3.53. The second-order valence-corrected chi connectivity index (χ2v) is 5.64. The Morgan fingerprint density at radius 2 is 1.52 bits per heavy atom. The summed E-state index contributed by atoms with van der Waals surface area (Å²) >= 11 is 0. The molecule has 0 bridgehead atoms. The van der Waals surface area contributed by atoms with E-state index in [2.05, 4.69) is 15.5 Å². The summed E-state index contributed by atoms with van der Waals surface area (Å²) in [4.78, 5) is 12.8. The molecule has 0 saturated heterocycles. The molecule has 0 saturated carbocycles. The van der Waals surface area contributed by atoms with Crippen molar-refractivity contribution in [2.24, 2.45) is 0 Å². The second kappa shape index (κ2) is 6.53. The van der Waals surface area contributed by atoms with E-state index in [0.717, 1.165) is 22.2 Å². The Balaban J connectivity index is 1.72. The number of aromatic nitrogens is 2. The van der Waals surface area contributed by atoms with Gasteiger partial charge in [0.1, 0.15) is 0 Å². The van der Waals surface area contributed by atoms with Crippen molar-refractivity contribution in [2.75, 3.05) is 5.32 Å². The van der Waals surface area contributed by atoms with Crippen LogP contribution in [0.15, 0.2) is 85.1 Å². The van der Waals surface area contributed by atoms with Gasteiger partial charge in [0.25, 0.3) is 5.91 Å². The van der Waals surface area contributed by atoms with E-state index in [-0.39, 0.29) is 5.91 Å². The Kier molecular flexibility index (Phi) is 3.92. The third-order valence-electron chi connectivity index (χ3n) is 4.05. The van der Waals surface area contributed by atoms with Crippen molar-refractivity contribution in [2.45, 2.75) is 0 Å². The van der Waals surface area contributed by atoms with Crippen molar-refractivity contribution in [1.82, 2.24) is 10.2 Å². The van der Waals surface area contributed by atoms with Crippen molar-refractivity contribution in [1.29, 1.82) is 0 Å². The van der Waals surface area contributed by atoms with Crippen molar-refractivity contribution in [3.8, 4) is 11.1 Å². The quantitative estimate of drug-likeness (QED) is 0.601. The van der Waals surface area contributed by atoms with Crippen LogP contribution in [0.3, 0.4) is 0 Å². The van der Waals surface area contributed by atoms with E-state index in [4.69, 9.17) is 0 Å². The van der Waals surface area contributed by atoms with E-state index < -0.39 is 0 Å². The Morgan fingerprint density at radius 3 is 2.40 bits per heavy atom. The van der Waals surface area contributed by atoms with Crippen LogP contribution in [-0.4, -0.2) is 16.1 Å². The maximum absolute atomic E-state index is 12.8. The molecule has 1 aromatic heterocycles. The van der Waals surface area contributed by atoms with Crippen LogP contribution in [0.1, 0.15) is 10.4 Å². The fourth-order valence-electron chi connectivity index (χ4n) is 2.84. The molecule has 4 aromatic rings. The van der Waals surface area contributed by atoms with Gasteiger partial charge in [-0.3, -0.25) is 4.79 Å². The van der Waals surface area contributed by atoms with E-state index in [1.807, 2.05) is 78.9 Å². The van der Waals surface area contributed by atoms with Crippen molar-refractivity contribution in [3.63, 3.8) is 0 Å². The first-order chi connectivity index (χ1) is 12.3. The number of carbonyl (C=O) groups excluding carboxylic acids is 1. The zero-order chi connectivity index (χ0) is 17.1. The van der Waals surface area contributed by atoms with Crippen LogP contribution in [0, 0.1) is 0 Å². The predicted molar refractivity (Wildman–Crippen MR) is 99.4 cm³/mol. The molecule has 0 spiro atoms. The van der Waals surface area contributed by atoms with Crippen LogP contribution in [0.2, 0.25) is 0 Å². The van der Waals surface area contributed by atoms with Crippen LogP contribution in [0.5, 0.6) is 0 Å². The number of hydrogen-bond acceptors (Lipinski definition) is 3. The molecule has 0 atom stereocenters. The van der Waals surface area contributed by atoms with Gasteiger partial charge in [0, 0.05) is 16.6 Å². The fourth-order valence-corrected chi connectivity index (χ4v) is 2.84. The highest BCUT2D eigenvalue weighted by Gasteiger charge is 2.13. The van der Waals surface area contributed by atoms with E-state index in [1.165, 1.54) is 6.20 Å². The first kappa shape index (κ1) is 15.0. The van der Waals surface area contributed by atoms with Gasteiger partial charge in [0.05, 0.1) is 17.3 Å². The first-order valence-electron chi connectivity index (χ1n) is 7.99. The second-order valence-electron chi connectivity index (χ2n) is 5.64. The van der Waals surface area contributed by atoms with Crippen LogP contribution in [-0.2, 0) is 0 Å². The molecule has 25 heavy (non-hydrogen) atoms. The number of anilines is 1. The lowest BCUT2D eigenvalue weighted by atomic mass is 10.0. The minimum atomic E-state index is -0.200. The summed E-state index contributed by atoms with van der Waals surface area (Å²) in [7, 11) is 0. The number of fused-ring (bicyclic) bond motifs is 1. The highest BCUT2D eigenvalue weighted by molar-refractivity contribution is 6.13. The number of amides is 1. The lowest BCUT2D eigenvalue weighted by molar-refractivity contribution is 0.102. The van der Waals surface area contributed by atoms with Crippen LogP contribution >= 0.6 is 0 Å². The molecule has 0 fully saturated rings. The third kappa shape index (κ3) is 2.97. The van der Waals surface area contributed by atoms with E-state index in [1.54, 1.807) is 0 Å². The molecular formula is C21H15N3O. The standard InChI is InChI=1S/C21H15N3O/c25-21(18-14-22-24-20-13-7-5-11-17(18)20)23-19-12-6-4-10-16(19)15-8-2-1-3-9-15/h1-14H,(H,23,25). The normalized spacial score (nSPS) is 10.6. The Morgan fingerprint density at radius 1 is 0.800 bits per heavy atom. The molecule has 1 amide bonds. The molecule has 4 heteroatoms. The highest BCUT2D eigenvalue weighted by atomic mass is 16.1. The smallest absolute Gasteiger partial charge is 0.258 e. The van der Waals surface area contributed by atoms with E-state index in [0.29, 0.717) is 11.1 Å². The lowest BCUT2D eigenvalue weighted by Crippen LogP contribution is -2.13. The van der Waals surface area contributed by atoms with Gasteiger partial charge < -0.3 is 5.32 Å². The van der Waals surface area contributed by atoms with E-state index >= 15 is 0 Å². The Bertz CT molecular complexity index is 1040. The summed E-state index contributed by atoms with van der Waals surface area (Å²) in [6, 6.07) is 25.2. The molecule has 4 nitrogen and oxygen atoms in total. The van der Waals surface area contributed by atoms with E-state index in [9.17, 15) is 4.79 Å². The van der Waals surface area contributed by atoms with Crippen LogP contribution in [0.25, 0.3) is 22.0 Å². The summed E-state index contributed by atoms with van der Waals surface area (Å²) in [6.07, 6.45) is 1.50. The van der Waals surface area contributed by atoms with Crippen LogP contribution in [0.4, 0.5) is 5.69 Å². The summed E-state index contributed by atoms with van der Waals surface area (Å²) in [5.41, 5.74) is 4.00. The number of nitrogens with zero attached hydrogens (tertiary/aromatic N) is 2. The van der Waals surface area contributed by atoms with Gasteiger partial charge in [0.2, 0.25) is 0 Å². The fraction of sp³-hybridized carbons (Fsp3) is 0. The SMILES string of the molecule is O=C(Nc1ccccc1-c1ccccc1)c1cnnc2ccccc12. The minimum Gasteiger partial charge on any atom is -0.321 e. The molecule has 1 heterocycles.